The highest BCUT2D eigenvalue weighted by molar-refractivity contribution is 5.62. The number of nitrogen functional groups attached to an aromatic ring is 1. The number of morpholine rings is 1. The van der Waals surface area contributed by atoms with Gasteiger partial charge in [-0.3, -0.25) is 0 Å². The SMILES string of the molecule is Nc1ncc(-c2cc(Cc3ccccc3)cc(N3CCOCC3)n2)cn1. The van der Waals surface area contributed by atoms with E-state index in [2.05, 4.69) is 51.3 Å². The van der Waals surface area contributed by atoms with Gasteiger partial charge in [0, 0.05) is 31.0 Å². The zero-order chi connectivity index (χ0) is 17.8. The second-order valence-corrected chi connectivity index (χ2v) is 6.31. The Balaban J connectivity index is 1.72. The molecule has 3 aromatic rings. The van der Waals surface area contributed by atoms with Gasteiger partial charge in [0.25, 0.3) is 0 Å². The first-order valence-corrected chi connectivity index (χ1v) is 8.73. The molecular weight excluding hydrogens is 326 g/mol. The molecule has 4 rings (SSSR count). The van der Waals surface area contributed by atoms with Gasteiger partial charge in [-0.2, -0.15) is 0 Å². The van der Waals surface area contributed by atoms with Gasteiger partial charge in [0.15, 0.2) is 0 Å². The van der Waals surface area contributed by atoms with E-state index in [9.17, 15) is 0 Å². The van der Waals surface area contributed by atoms with Crippen LogP contribution in [0, 0.1) is 0 Å². The number of hydrogen-bond donors (Lipinski definition) is 1. The van der Waals surface area contributed by atoms with Gasteiger partial charge >= 0.3 is 0 Å². The maximum absolute atomic E-state index is 5.62. The van der Waals surface area contributed by atoms with Crippen molar-refractivity contribution in [2.45, 2.75) is 6.42 Å². The molecule has 2 N–H and O–H groups in total. The third kappa shape index (κ3) is 3.81. The molecule has 0 amide bonds. The Labute approximate surface area is 152 Å². The average molecular weight is 347 g/mol. The quantitative estimate of drug-likeness (QED) is 0.781. The van der Waals surface area contributed by atoms with Gasteiger partial charge in [0.2, 0.25) is 5.95 Å². The Morgan fingerprint density at radius 1 is 0.962 bits per heavy atom. The summed E-state index contributed by atoms with van der Waals surface area (Å²) in [6.07, 6.45) is 4.30. The van der Waals surface area contributed by atoms with E-state index in [0.29, 0.717) is 0 Å². The van der Waals surface area contributed by atoms with Crippen molar-refractivity contribution in [2.75, 3.05) is 36.9 Å². The minimum atomic E-state index is 0.266. The van der Waals surface area contributed by atoms with E-state index < -0.39 is 0 Å². The molecule has 1 saturated heterocycles. The van der Waals surface area contributed by atoms with Gasteiger partial charge < -0.3 is 15.4 Å². The van der Waals surface area contributed by atoms with Crippen LogP contribution in [0.15, 0.2) is 54.9 Å². The van der Waals surface area contributed by atoms with Crippen molar-refractivity contribution < 1.29 is 4.74 Å². The summed E-state index contributed by atoms with van der Waals surface area (Å²) in [6.45, 7) is 3.15. The van der Waals surface area contributed by atoms with Gasteiger partial charge in [-0.25, -0.2) is 15.0 Å². The number of pyridine rings is 1. The topological polar surface area (TPSA) is 77.2 Å². The number of aromatic nitrogens is 3. The Kier molecular flexibility index (Phi) is 4.75. The molecule has 0 spiro atoms. The maximum Gasteiger partial charge on any atom is 0.219 e. The second kappa shape index (κ2) is 7.49. The first-order chi connectivity index (χ1) is 12.8. The number of rotatable bonds is 4. The molecule has 6 nitrogen and oxygen atoms in total. The van der Waals surface area contributed by atoms with E-state index in [1.807, 2.05) is 6.07 Å². The number of hydrogen-bond acceptors (Lipinski definition) is 6. The predicted molar refractivity (Wildman–Crippen MR) is 102 cm³/mol. The molecule has 1 aliphatic heterocycles. The molecule has 1 aliphatic rings. The average Bonchev–Trinajstić information content (AvgIpc) is 2.70. The van der Waals surface area contributed by atoms with Crippen LogP contribution in [-0.4, -0.2) is 41.3 Å². The fourth-order valence-electron chi connectivity index (χ4n) is 3.08. The van der Waals surface area contributed by atoms with Crippen LogP contribution in [0.3, 0.4) is 0 Å². The summed E-state index contributed by atoms with van der Waals surface area (Å²) in [5.41, 5.74) is 9.82. The summed E-state index contributed by atoms with van der Waals surface area (Å²) >= 11 is 0. The van der Waals surface area contributed by atoms with Crippen LogP contribution in [0.25, 0.3) is 11.3 Å². The van der Waals surface area contributed by atoms with Crippen LogP contribution in [0.4, 0.5) is 11.8 Å². The van der Waals surface area contributed by atoms with Crippen LogP contribution >= 0.6 is 0 Å². The van der Waals surface area contributed by atoms with Gasteiger partial charge in [-0.15, -0.1) is 0 Å². The third-order valence-electron chi connectivity index (χ3n) is 4.43. The van der Waals surface area contributed by atoms with Crippen molar-refractivity contribution in [3.8, 4) is 11.3 Å². The smallest absolute Gasteiger partial charge is 0.219 e. The standard InChI is InChI=1S/C20H21N5O/c21-20-22-13-17(14-23-20)18-11-16(10-15-4-2-1-3-5-15)12-19(24-18)25-6-8-26-9-7-25/h1-5,11-14H,6-10H2,(H2,21,22,23). The second-order valence-electron chi connectivity index (χ2n) is 6.31. The fraction of sp³-hybridized carbons (Fsp3) is 0.250. The van der Waals surface area contributed by atoms with E-state index >= 15 is 0 Å². The highest BCUT2D eigenvalue weighted by Crippen LogP contribution is 2.24. The number of nitrogens with zero attached hydrogens (tertiary/aromatic N) is 4. The van der Waals surface area contributed by atoms with E-state index in [4.69, 9.17) is 15.5 Å². The van der Waals surface area contributed by atoms with Crippen LogP contribution in [0.2, 0.25) is 0 Å². The monoisotopic (exact) mass is 347 g/mol. The Morgan fingerprint density at radius 3 is 2.42 bits per heavy atom. The van der Waals surface area contributed by atoms with Crippen LogP contribution < -0.4 is 10.6 Å². The molecule has 0 bridgehead atoms. The molecule has 1 aromatic carbocycles. The lowest BCUT2D eigenvalue weighted by Crippen LogP contribution is -2.36. The van der Waals surface area contributed by atoms with E-state index in [0.717, 1.165) is 49.8 Å². The van der Waals surface area contributed by atoms with E-state index in [1.165, 1.54) is 11.1 Å². The highest BCUT2D eigenvalue weighted by atomic mass is 16.5. The maximum atomic E-state index is 5.62. The molecule has 0 unspecified atom stereocenters. The number of anilines is 2. The predicted octanol–water partition coefficient (Wildman–Crippen LogP) is 2.55. The lowest BCUT2D eigenvalue weighted by Gasteiger charge is -2.28. The van der Waals surface area contributed by atoms with E-state index in [1.54, 1.807) is 12.4 Å². The lowest BCUT2D eigenvalue weighted by atomic mass is 10.0. The Hall–Kier alpha value is -2.99. The molecule has 0 saturated carbocycles. The van der Waals surface area contributed by atoms with Crippen LogP contribution in [0.5, 0.6) is 0 Å². The number of nitrogens with two attached hydrogens (primary N) is 1. The van der Waals surface area contributed by atoms with Crippen molar-refractivity contribution in [1.29, 1.82) is 0 Å². The first-order valence-electron chi connectivity index (χ1n) is 8.73. The van der Waals surface area contributed by atoms with Gasteiger partial charge in [0.05, 0.1) is 18.9 Å². The summed E-state index contributed by atoms with van der Waals surface area (Å²) in [6, 6.07) is 14.7. The Morgan fingerprint density at radius 2 is 1.69 bits per heavy atom. The molecule has 3 heterocycles. The molecule has 2 aromatic heterocycles. The van der Waals surface area contributed by atoms with Crippen LogP contribution in [0.1, 0.15) is 11.1 Å². The lowest BCUT2D eigenvalue weighted by molar-refractivity contribution is 0.122. The summed E-state index contributed by atoms with van der Waals surface area (Å²) in [5, 5.41) is 0. The first kappa shape index (κ1) is 16.5. The molecular formula is C20H21N5O. The molecule has 6 heteroatoms. The summed E-state index contributed by atoms with van der Waals surface area (Å²) < 4.78 is 5.47. The van der Waals surface area contributed by atoms with Crippen molar-refractivity contribution >= 4 is 11.8 Å². The van der Waals surface area contributed by atoms with Gasteiger partial charge in [-0.1, -0.05) is 30.3 Å². The molecule has 0 radical (unpaired) electrons. The minimum absolute atomic E-state index is 0.266. The summed E-state index contributed by atoms with van der Waals surface area (Å²) in [4.78, 5) is 15.3. The van der Waals surface area contributed by atoms with Crippen molar-refractivity contribution in [1.82, 2.24) is 15.0 Å². The van der Waals surface area contributed by atoms with Crippen molar-refractivity contribution in [2.24, 2.45) is 0 Å². The van der Waals surface area contributed by atoms with Crippen molar-refractivity contribution in [3.63, 3.8) is 0 Å². The molecule has 0 atom stereocenters. The normalized spacial score (nSPS) is 14.4. The Bertz CT molecular complexity index is 861. The van der Waals surface area contributed by atoms with Crippen molar-refractivity contribution in [3.05, 3.63) is 66.0 Å². The molecule has 26 heavy (non-hydrogen) atoms. The zero-order valence-corrected chi connectivity index (χ0v) is 14.5. The summed E-state index contributed by atoms with van der Waals surface area (Å²) in [5.74, 6) is 1.23. The third-order valence-corrected chi connectivity index (χ3v) is 4.43. The van der Waals surface area contributed by atoms with Crippen LogP contribution in [-0.2, 0) is 11.2 Å². The molecule has 132 valence electrons. The van der Waals surface area contributed by atoms with Gasteiger partial charge in [-0.05, 0) is 29.7 Å². The van der Waals surface area contributed by atoms with E-state index in [-0.39, 0.29) is 5.95 Å². The molecule has 1 fully saturated rings. The number of benzene rings is 1. The fourth-order valence-corrected chi connectivity index (χ4v) is 3.08. The highest BCUT2D eigenvalue weighted by Gasteiger charge is 2.15. The largest absolute Gasteiger partial charge is 0.378 e. The molecule has 0 aliphatic carbocycles. The van der Waals surface area contributed by atoms with Gasteiger partial charge in [0.1, 0.15) is 5.82 Å². The summed E-state index contributed by atoms with van der Waals surface area (Å²) in [7, 11) is 0. The zero-order valence-electron chi connectivity index (χ0n) is 14.5. The number of ether oxygens (including phenoxy) is 1. The minimum Gasteiger partial charge on any atom is -0.378 e.